The molecular weight excluding hydrogens is 284 g/mol. The Balaban J connectivity index is 2.10. The van der Waals surface area contributed by atoms with Crippen LogP contribution in [0, 0.1) is 0 Å². The van der Waals surface area contributed by atoms with E-state index in [9.17, 15) is 4.79 Å². The van der Waals surface area contributed by atoms with Gasteiger partial charge in [0.05, 0.1) is 6.33 Å². The number of rotatable bonds is 3. The van der Waals surface area contributed by atoms with Crippen molar-refractivity contribution in [1.82, 2.24) is 9.97 Å². The molecule has 0 saturated heterocycles. The molecule has 1 heterocycles. The minimum atomic E-state index is -0.335. The van der Waals surface area contributed by atoms with Gasteiger partial charge in [0.2, 0.25) is 0 Å². The van der Waals surface area contributed by atoms with Gasteiger partial charge < -0.3 is 16.0 Å². The summed E-state index contributed by atoms with van der Waals surface area (Å²) in [6.45, 7) is 0.563. The molecule has 0 spiro atoms. The molecular formula is C11H11BrN4O. The predicted molar refractivity (Wildman–Crippen MR) is 70.7 cm³/mol. The van der Waals surface area contributed by atoms with E-state index in [2.05, 4.69) is 31.2 Å². The topological polar surface area (TPSA) is 83.8 Å². The molecule has 0 saturated carbocycles. The second-order valence-corrected chi connectivity index (χ2v) is 4.39. The highest BCUT2D eigenvalue weighted by atomic mass is 79.9. The van der Waals surface area contributed by atoms with E-state index >= 15 is 0 Å². The fraction of sp³-hybridized carbons (Fsp3) is 0.0909. The normalized spacial score (nSPS) is 10.2. The van der Waals surface area contributed by atoms with Crippen LogP contribution < -0.4 is 16.6 Å². The standard InChI is InChI=1S/C11H11BrN4O/c12-8-3-1-7(2-4-8)5-14-10-9(13)11(17)16-6-15-10/h1-4,6H,5,13H2,(H2,14,15,16,17). The van der Waals surface area contributed by atoms with Gasteiger partial charge in [-0.05, 0) is 17.7 Å². The second-order valence-electron chi connectivity index (χ2n) is 3.47. The summed E-state index contributed by atoms with van der Waals surface area (Å²) in [6.07, 6.45) is 1.32. The molecule has 0 aliphatic heterocycles. The Morgan fingerprint density at radius 3 is 2.76 bits per heavy atom. The summed E-state index contributed by atoms with van der Waals surface area (Å²) < 4.78 is 1.02. The first-order valence-electron chi connectivity index (χ1n) is 4.98. The van der Waals surface area contributed by atoms with Crippen molar-refractivity contribution in [2.45, 2.75) is 6.54 Å². The molecule has 0 aliphatic rings. The zero-order valence-corrected chi connectivity index (χ0v) is 10.5. The summed E-state index contributed by atoms with van der Waals surface area (Å²) in [5.41, 5.74) is 6.44. The molecule has 2 aromatic rings. The number of H-pyrrole nitrogens is 1. The number of hydrogen-bond acceptors (Lipinski definition) is 4. The third-order valence-electron chi connectivity index (χ3n) is 2.26. The van der Waals surface area contributed by atoms with E-state index in [0.29, 0.717) is 12.4 Å². The molecule has 0 bridgehead atoms. The van der Waals surface area contributed by atoms with E-state index in [0.717, 1.165) is 10.0 Å². The number of nitrogen functional groups attached to an aromatic ring is 1. The molecule has 4 N–H and O–H groups in total. The molecule has 88 valence electrons. The molecule has 1 aromatic heterocycles. The lowest BCUT2D eigenvalue weighted by molar-refractivity contribution is 1.07. The Morgan fingerprint density at radius 1 is 1.35 bits per heavy atom. The van der Waals surface area contributed by atoms with Gasteiger partial charge in [0.25, 0.3) is 5.56 Å². The molecule has 0 fully saturated rings. The molecule has 5 nitrogen and oxygen atoms in total. The van der Waals surface area contributed by atoms with Crippen LogP contribution in [0.15, 0.2) is 39.9 Å². The predicted octanol–water partition coefficient (Wildman–Crippen LogP) is 1.73. The number of aromatic nitrogens is 2. The minimum Gasteiger partial charge on any atom is -0.391 e. The van der Waals surface area contributed by atoms with Crippen LogP contribution in [-0.4, -0.2) is 9.97 Å². The molecule has 6 heteroatoms. The third kappa shape index (κ3) is 2.85. The second kappa shape index (κ2) is 5.01. The fourth-order valence-electron chi connectivity index (χ4n) is 1.34. The molecule has 17 heavy (non-hydrogen) atoms. The van der Waals surface area contributed by atoms with E-state index in [1.165, 1.54) is 6.33 Å². The Bertz CT molecular complexity index is 564. The third-order valence-corrected chi connectivity index (χ3v) is 2.79. The van der Waals surface area contributed by atoms with Crippen LogP contribution in [0.3, 0.4) is 0 Å². The highest BCUT2D eigenvalue weighted by Gasteiger charge is 2.03. The number of halogens is 1. The number of nitrogens with two attached hydrogens (primary N) is 1. The van der Waals surface area contributed by atoms with Crippen LogP contribution in [-0.2, 0) is 6.54 Å². The first-order chi connectivity index (χ1) is 8.16. The number of anilines is 2. The average molecular weight is 295 g/mol. The van der Waals surface area contributed by atoms with Crippen LogP contribution in [0.4, 0.5) is 11.5 Å². The molecule has 0 amide bonds. The highest BCUT2D eigenvalue weighted by Crippen LogP contribution is 2.13. The lowest BCUT2D eigenvalue weighted by atomic mass is 10.2. The van der Waals surface area contributed by atoms with Gasteiger partial charge in [0.1, 0.15) is 5.69 Å². The van der Waals surface area contributed by atoms with E-state index in [-0.39, 0.29) is 11.2 Å². The van der Waals surface area contributed by atoms with Crippen LogP contribution in [0.5, 0.6) is 0 Å². The Morgan fingerprint density at radius 2 is 2.06 bits per heavy atom. The molecule has 0 atom stereocenters. The van der Waals surface area contributed by atoms with E-state index in [4.69, 9.17) is 5.73 Å². The zero-order chi connectivity index (χ0) is 12.3. The number of nitrogens with one attached hydrogen (secondary N) is 2. The van der Waals surface area contributed by atoms with Gasteiger partial charge in [-0.3, -0.25) is 4.79 Å². The lowest BCUT2D eigenvalue weighted by Gasteiger charge is -2.07. The summed E-state index contributed by atoms with van der Waals surface area (Å²) in [5, 5.41) is 3.02. The first-order valence-corrected chi connectivity index (χ1v) is 5.77. The maximum atomic E-state index is 11.2. The van der Waals surface area contributed by atoms with Crippen LogP contribution in [0.25, 0.3) is 0 Å². The molecule has 0 radical (unpaired) electrons. The quantitative estimate of drug-likeness (QED) is 0.805. The van der Waals surface area contributed by atoms with E-state index in [1.54, 1.807) is 0 Å². The Kier molecular flexibility index (Phi) is 3.43. The van der Waals surface area contributed by atoms with Crippen molar-refractivity contribution >= 4 is 27.4 Å². The van der Waals surface area contributed by atoms with E-state index < -0.39 is 0 Å². The largest absolute Gasteiger partial charge is 0.391 e. The number of hydrogen-bond donors (Lipinski definition) is 3. The number of nitrogens with zero attached hydrogens (tertiary/aromatic N) is 1. The van der Waals surface area contributed by atoms with Crippen molar-refractivity contribution in [3.63, 3.8) is 0 Å². The lowest BCUT2D eigenvalue weighted by Crippen LogP contribution is -2.16. The zero-order valence-electron chi connectivity index (χ0n) is 8.90. The van der Waals surface area contributed by atoms with Gasteiger partial charge in [-0.1, -0.05) is 28.1 Å². The van der Waals surface area contributed by atoms with Gasteiger partial charge in [-0.25, -0.2) is 4.98 Å². The van der Waals surface area contributed by atoms with Gasteiger partial charge in [0.15, 0.2) is 5.82 Å². The van der Waals surface area contributed by atoms with Gasteiger partial charge in [-0.15, -0.1) is 0 Å². The summed E-state index contributed by atoms with van der Waals surface area (Å²) in [4.78, 5) is 17.6. The Hall–Kier alpha value is -1.82. The van der Waals surface area contributed by atoms with Crippen LogP contribution >= 0.6 is 15.9 Å². The number of benzene rings is 1. The maximum absolute atomic E-state index is 11.2. The summed E-state index contributed by atoms with van der Waals surface area (Å²) in [5.74, 6) is 0.400. The van der Waals surface area contributed by atoms with Crippen molar-refractivity contribution in [3.05, 3.63) is 51.0 Å². The SMILES string of the molecule is Nc1c(NCc2ccc(Br)cc2)nc[nH]c1=O. The monoisotopic (exact) mass is 294 g/mol. The van der Waals surface area contributed by atoms with Crippen molar-refractivity contribution in [2.24, 2.45) is 0 Å². The molecule has 0 unspecified atom stereocenters. The van der Waals surface area contributed by atoms with Crippen molar-refractivity contribution < 1.29 is 0 Å². The first kappa shape index (κ1) is 11.7. The smallest absolute Gasteiger partial charge is 0.276 e. The van der Waals surface area contributed by atoms with Gasteiger partial charge >= 0.3 is 0 Å². The summed E-state index contributed by atoms with van der Waals surface area (Å²) >= 11 is 3.36. The molecule has 2 rings (SSSR count). The Labute approximate surface area is 106 Å². The maximum Gasteiger partial charge on any atom is 0.276 e. The van der Waals surface area contributed by atoms with Gasteiger partial charge in [-0.2, -0.15) is 0 Å². The van der Waals surface area contributed by atoms with Crippen molar-refractivity contribution in [1.29, 1.82) is 0 Å². The number of aromatic amines is 1. The summed E-state index contributed by atoms with van der Waals surface area (Å²) in [6, 6.07) is 7.85. The fourth-order valence-corrected chi connectivity index (χ4v) is 1.60. The van der Waals surface area contributed by atoms with Crippen molar-refractivity contribution in [3.8, 4) is 0 Å². The average Bonchev–Trinajstić information content (AvgIpc) is 2.33. The highest BCUT2D eigenvalue weighted by molar-refractivity contribution is 9.10. The molecule has 0 aliphatic carbocycles. The van der Waals surface area contributed by atoms with Crippen molar-refractivity contribution in [2.75, 3.05) is 11.1 Å². The summed E-state index contributed by atoms with van der Waals surface area (Å²) in [7, 11) is 0. The molecule has 1 aromatic carbocycles. The van der Waals surface area contributed by atoms with E-state index in [1.807, 2.05) is 24.3 Å². The van der Waals surface area contributed by atoms with Gasteiger partial charge in [0, 0.05) is 11.0 Å². The van der Waals surface area contributed by atoms with Crippen LogP contribution in [0.2, 0.25) is 0 Å². The minimum absolute atomic E-state index is 0.101. The van der Waals surface area contributed by atoms with Crippen LogP contribution in [0.1, 0.15) is 5.56 Å².